The van der Waals surface area contributed by atoms with Crippen LogP contribution in [0.1, 0.15) is 18.9 Å². The van der Waals surface area contributed by atoms with Crippen LogP contribution in [0.3, 0.4) is 0 Å². The number of methoxy groups -OCH3 is 1. The Kier molecular flexibility index (Phi) is 4.81. The van der Waals surface area contributed by atoms with Gasteiger partial charge in [0.2, 0.25) is 0 Å². The predicted molar refractivity (Wildman–Crippen MR) is 81.9 cm³/mol. The standard InChI is InChI=1S/C15H19N3O3/c1-3-7-18-14(19)9-13(17-15(18)20)16-10-11-5-4-6-12(8-11)21-2/h4-6,8-9,16H,3,7,10H2,1-2H3,(H,17,20). The molecule has 0 atom stereocenters. The molecule has 1 aromatic heterocycles. The van der Waals surface area contributed by atoms with E-state index in [1.807, 2.05) is 31.2 Å². The van der Waals surface area contributed by atoms with E-state index in [2.05, 4.69) is 10.3 Å². The van der Waals surface area contributed by atoms with E-state index in [4.69, 9.17) is 4.74 Å². The van der Waals surface area contributed by atoms with Gasteiger partial charge in [-0.15, -0.1) is 0 Å². The summed E-state index contributed by atoms with van der Waals surface area (Å²) in [5, 5.41) is 3.04. The summed E-state index contributed by atoms with van der Waals surface area (Å²) < 4.78 is 6.34. The topological polar surface area (TPSA) is 76.1 Å². The molecule has 112 valence electrons. The molecule has 0 amide bonds. The molecule has 0 saturated heterocycles. The van der Waals surface area contributed by atoms with Crippen molar-refractivity contribution in [2.75, 3.05) is 12.4 Å². The Morgan fingerprint density at radius 3 is 2.76 bits per heavy atom. The fourth-order valence-electron chi connectivity index (χ4n) is 2.03. The Balaban J connectivity index is 2.13. The second-order valence-electron chi connectivity index (χ2n) is 4.68. The lowest BCUT2D eigenvalue weighted by molar-refractivity contribution is 0.414. The summed E-state index contributed by atoms with van der Waals surface area (Å²) >= 11 is 0. The molecule has 0 aliphatic carbocycles. The van der Waals surface area contributed by atoms with E-state index >= 15 is 0 Å². The molecule has 6 nitrogen and oxygen atoms in total. The van der Waals surface area contributed by atoms with Gasteiger partial charge in [0.05, 0.1) is 7.11 Å². The lowest BCUT2D eigenvalue weighted by atomic mass is 10.2. The van der Waals surface area contributed by atoms with Crippen molar-refractivity contribution in [2.45, 2.75) is 26.4 Å². The summed E-state index contributed by atoms with van der Waals surface area (Å²) in [7, 11) is 1.61. The van der Waals surface area contributed by atoms with Crippen molar-refractivity contribution in [3.63, 3.8) is 0 Å². The van der Waals surface area contributed by atoms with E-state index in [0.29, 0.717) is 18.9 Å². The molecule has 0 aliphatic heterocycles. The fraction of sp³-hybridized carbons (Fsp3) is 0.333. The van der Waals surface area contributed by atoms with Gasteiger partial charge in [0, 0.05) is 19.2 Å². The highest BCUT2D eigenvalue weighted by molar-refractivity contribution is 5.35. The Morgan fingerprint density at radius 1 is 1.29 bits per heavy atom. The molecular formula is C15H19N3O3. The highest BCUT2D eigenvalue weighted by Gasteiger charge is 2.03. The SMILES string of the molecule is CCCn1c(=O)cc(NCc2cccc(OC)c2)[nH]c1=O. The molecule has 2 N–H and O–H groups in total. The Morgan fingerprint density at radius 2 is 2.10 bits per heavy atom. The summed E-state index contributed by atoms with van der Waals surface area (Å²) in [6.45, 7) is 2.83. The van der Waals surface area contributed by atoms with Crippen LogP contribution < -0.4 is 21.3 Å². The van der Waals surface area contributed by atoms with E-state index in [1.165, 1.54) is 10.6 Å². The normalized spacial score (nSPS) is 10.4. The van der Waals surface area contributed by atoms with Crippen molar-refractivity contribution in [1.29, 1.82) is 0 Å². The van der Waals surface area contributed by atoms with E-state index < -0.39 is 5.69 Å². The van der Waals surface area contributed by atoms with Crippen LogP contribution in [0, 0.1) is 0 Å². The zero-order chi connectivity index (χ0) is 15.2. The third-order valence-electron chi connectivity index (χ3n) is 3.08. The number of aromatic nitrogens is 2. The second kappa shape index (κ2) is 6.78. The van der Waals surface area contributed by atoms with Gasteiger partial charge in [-0.05, 0) is 24.1 Å². The van der Waals surface area contributed by atoms with E-state index in [9.17, 15) is 9.59 Å². The largest absolute Gasteiger partial charge is 0.497 e. The summed E-state index contributed by atoms with van der Waals surface area (Å²) in [4.78, 5) is 26.3. The number of nitrogens with one attached hydrogen (secondary N) is 2. The number of rotatable bonds is 6. The smallest absolute Gasteiger partial charge is 0.329 e. The molecule has 1 heterocycles. The number of H-pyrrole nitrogens is 1. The molecule has 0 spiro atoms. The summed E-state index contributed by atoms with van der Waals surface area (Å²) in [5.41, 5.74) is 0.305. The average Bonchev–Trinajstić information content (AvgIpc) is 2.49. The van der Waals surface area contributed by atoms with Gasteiger partial charge in [-0.3, -0.25) is 14.3 Å². The molecule has 21 heavy (non-hydrogen) atoms. The third-order valence-corrected chi connectivity index (χ3v) is 3.08. The molecule has 2 aromatic rings. The van der Waals surface area contributed by atoms with Crippen molar-refractivity contribution >= 4 is 5.82 Å². The maximum atomic E-state index is 11.8. The van der Waals surface area contributed by atoms with Crippen LogP contribution in [-0.2, 0) is 13.1 Å². The van der Waals surface area contributed by atoms with Crippen LogP contribution >= 0.6 is 0 Å². The number of aromatic amines is 1. The van der Waals surface area contributed by atoms with Gasteiger partial charge in [0.15, 0.2) is 0 Å². The van der Waals surface area contributed by atoms with Gasteiger partial charge in [-0.25, -0.2) is 4.79 Å². The van der Waals surface area contributed by atoms with Crippen LogP contribution in [0.2, 0.25) is 0 Å². The first-order chi connectivity index (χ1) is 10.1. The van der Waals surface area contributed by atoms with Gasteiger partial charge < -0.3 is 10.1 Å². The first-order valence-electron chi connectivity index (χ1n) is 6.85. The fourth-order valence-corrected chi connectivity index (χ4v) is 2.03. The minimum atomic E-state index is -0.391. The number of ether oxygens (including phenoxy) is 1. The average molecular weight is 289 g/mol. The van der Waals surface area contributed by atoms with Crippen LogP contribution in [0.25, 0.3) is 0 Å². The third kappa shape index (κ3) is 3.75. The van der Waals surface area contributed by atoms with E-state index in [0.717, 1.165) is 17.7 Å². The molecule has 0 fully saturated rings. The molecule has 0 radical (unpaired) electrons. The zero-order valence-corrected chi connectivity index (χ0v) is 12.2. The Labute approximate surface area is 122 Å². The Bertz CT molecular complexity index is 687. The van der Waals surface area contributed by atoms with Gasteiger partial charge in [-0.2, -0.15) is 0 Å². The lowest BCUT2D eigenvalue weighted by Gasteiger charge is -2.09. The van der Waals surface area contributed by atoms with Gasteiger partial charge >= 0.3 is 5.69 Å². The molecular weight excluding hydrogens is 270 g/mol. The number of nitrogens with zero attached hydrogens (tertiary/aromatic N) is 1. The minimum absolute atomic E-state index is 0.297. The first kappa shape index (κ1) is 14.9. The maximum Gasteiger partial charge on any atom is 0.329 e. The molecule has 0 saturated carbocycles. The monoisotopic (exact) mass is 289 g/mol. The Hall–Kier alpha value is -2.50. The highest BCUT2D eigenvalue weighted by Crippen LogP contribution is 2.13. The van der Waals surface area contributed by atoms with Crippen LogP contribution in [0.15, 0.2) is 39.9 Å². The summed E-state index contributed by atoms with van der Waals surface area (Å²) in [6.07, 6.45) is 0.736. The van der Waals surface area contributed by atoms with Gasteiger partial charge in [0.1, 0.15) is 11.6 Å². The number of hydrogen-bond donors (Lipinski definition) is 2. The lowest BCUT2D eigenvalue weighted by Crippen LogP contribution is -2.35. The number of anilines is 1. The van der Waals surface area contributed by atoms with E-state index in [-0.39, 0.29) is 5.56 Å². The molecule has 1 aromatic carbocycles. The van der Waals surface area contributed by atoms with Crippen molar-refractivity contribution in [2.24, 2.45) is 0 Å². The van der Waals surface area contributed by atoms with Crippen molar-refractivity contribution in [3.8, 4) is 5.75 Å². The molecule has 6 heteroatoms. The van der Waals surface area contributed by atoms with Crippen molar-refractivity contribution in [1.82, 2.24) is 9.55 Å². The van der Waals surface area contributed by atoms with E-state index in [1.54, 1.807) is 7.11 Å². The quantitative estimate of drug-likeness (QED) is 0.846. The second-order valence-corrected chi connectivity index (χ2v) is 4.68. The molecule has 2 rings (SSSR count). The predicted octanol–water partition coefficient (Wildman–Crippen LogP) is 1.57. The van der Waals surface area contributed by atoms with Crippen LogP contribution in [0.5, 0.6) is 5.75 Å². The maximum absolute atomic E-state index is 11.8. The van der Waals surface area contributed by atoms with Crippen LogP contribution in [0.4, 0.5) is 5.82 Å². The van der Waals surface area contributed by atoms with Crippen molar-refractivity contribution < 1.29 is 4.74 Å². The first-order valence-corrected chi connectivity index (χ1v) is 6.85. The number of hydrogen-bond acceptors (Lipinski definition) is 4. The molecule has 0 aliphatic rings. The minimum Gasteiger partial charge on any atom is -0.497 e. The van der Waals surface area contributed by atoms with Crippen molar-refractivity contribution in [3.05, 3.63) is 56.7 Å². The molecule has 0 bridgehead atoms. The van der Waals surface area contributed by atoms with Crippen LogP contribution in [-0.4, -0.2) is 16.7 Å². The summed E-state index contributed by atoms with van der Waals surface area (Å²) in [6, 6.07) is 8.97. The number of benzene rings is 1. The summed E-state index contributed by atoms with van der Waals surface area (Å²) in [5.74, 6) is 1.18. The molecule has 0 unspecified atom stereocenters. The zero-order valence-electron chi connectivity index (χ0n) is 12.2. The van der Waals surface area contributed by atoms with Gasteiger partial charge in [-0.1, -0.05) is 19.1 Å². The van der Waals surface area contributed by atoms with Gasteiger partial charge in [0.25, 0.3) is 5.56 Å². The highest BCUT2D eigenvalue weighted by atomic mass is 16.5.